The summed E-state index contributed by atoms with van der Waals surface area (Å²) in [5.41, 5.74) is 2.77. The van der Waals surface area contributed by atoms with E-state index >= 15 is 0 Å². The molecular formula is C25H45N3O. The Hall–Kier alpha value is -1.10. The SMILES string of the molecule is CCC(C)CCCCOCCCCN(C)Cc1ccc(N2CCN(C)CC2)cc1. The minimum absolute atomic E-state index is 0.869. The molecule has 1 aromatic carbocycles. The van der Waals surface area contributed by atoms with E-state index in [4.69, 9.17) is 4.74 Å². The Balaban J connectivity index is 1.51. The van der Waals surface area contributed by atoms with Gasteiger partial charge in [0.2, 0.25) is 0 Å². The number of nitrogens with zero attached hydrogens (tertiary/aromatic N) is 3. The Bertz CT molecular complexity index is 525. The third kappa shape index (κ3) is 9.97. The lowest BCUT2D eigenvalue weighted by Gasteiger charge is -2.34. The molecule has 0 aliphatic carbocycles. The molecule has 0 spiro atoms. The molecule has 4 nitrogen and oxygen atoms in total. The maximum atomic E-state index is 5.80. The average Bonchev–Trinajstić information content (AvgIpc) is 2.73. The van der Waals surface area contributed by atoms with E-state index in [9.17, 15) is 0 Å². The van der Waals surface area contributed by atoms with Crippen LogP contribution in [0.1, 0.15) is 57.9 Å². The number of anilines is 1. The summed E-state index contributed by atoms with van der Waals surface area (Å²) in [6.45, 7) is 13.2. The number of likely N-dealkylation sites (N-methyl/N-ethyl adjacent to an activating group) is 1. The van der Waals surface area contributed by atoms with Gasteiger partial charge in [0.15, 0.2) is 0 Å². The van der Waals surface area contributed by atoms with Crippen LogP contribution in [0.2, 0.25) is 0 Å². The Kier molecular flexibility index (Phi) is 11.7. The van der Waals surface area contributed by atoms with Gasteiger partial charge in [0.05, 0.1) is 0 Å². The number of rotatable bonds is 14. The van der Waals surface area contributed by atoms with E-state index in [1.165, 1.54) is 43.4 Å². The van der Waals surface area contributed by atoms with Crippen molar-refractivity contribution in [3.63, 3.8) is 0 Å². The van der Waals surface area contributed by atoms with Gasteiger partial charge in [-0.15, -0.1) is 0 Å². The number of hydrogen-bond acceptors (Lipinski definition) is 4. The van der Waals surface area contributed by atoms with Crippen LogP contribution < -0.4 is 4.90 Å². The molecule has 1 fully saturated rings. The molecule has 1 aromatic rings. The van der Waals surface area contributed by atoms with Crippen LogP contribution in [0.15, 0.2) is 24.3 Å². The van der Waals surface area contributed by atoms with Gasteiger partial charge in [-0.25, -0.2) is 0 Å². The fraction of sp³-hybridized carbons (Fsp3) is 0.760. The van der Waals surface area contributed by atoms with Crippen LogP contribution in [-0.2, 0) is 11.3 Å². The molecule has 1 aliphatic rings. The first-order valence-electron chi connectivity index (χ1n) is 11.9. The smallest absolute Gasteiger partial charge is 0.0466 e. The first kappa shape index (κ1) is 24.2. The van der Waals surface area contributed by atoms with E-state index < -0.39 is 0 Å². The van der Waals surface area contributed by atoms with Crippen molar-refractivity contribution < 1.29 is 4.74 Å². The molecule has 0 amide bonds. The van der Waals surface area contributed by atoms with Gasteiger partial charge in [-0.2, -0.15) is 0 Å². The molecule has 1 atom stereocenters. The van der Waals surface area contributed by atoms with Crippen LogP contribution >= 0.6 is 0 Å². The highest BCUT2D eigenvalue weighted by Gasteiger charge is 2.14. The maximum absolute atomic E-state index is 5.80. The molecule has 1 saturated heterocycles. The van der Waals surface area contributed by atoms with Crippen molar-refractivity contribution in [1.29, 1.82) is 0 Å². The van der Waals surface area contributed by atoms with Gasteiger partial charge in [-0.05, 0) is 63.5 Å². The largest absolute Gasteiger partial charge is 0.381 e. The summed E-state index contributed by atoms with van der Waals surface area (Å²) in [6, 6.07) is 9.19. The van der Waals surface area contributed by atoms with Crippen LogP contribution in [0.3, 0.4) is 0 Å². The first-order chi connectivity index (χ1) is 14.1. The summed E-state index contributed by atoms with van der Waals surface area (Å²) in [5.74, 6) is 0.869. The van der Waals surface area contributed by atoms with E-state index in [1.807, 2.05) is 0 Å². The Morgan fingerprint density at radius 1 is 0.966 bits per heavy atom. The highest BCUT2D eigenvalue weighted by atomic mass is 16.5. The summed E-state index contributed by atoms with van der Waals surface area (Å²) in [7, 11) is 4.43. The molecule has 0 aromatic heterocycles. The zero-order valence-electron chi connectivity index (χ0n) is 19.5. The summed E-state index contributed by atoms with van der Waals surface area (Å²) in [5, 5.41) is 0. The van der Waals surface area contributed by atoms with Crippen LogP contribution in [0.25, 0.3) is 0 Å². The molecule has 166 valence electrons. The lowest BCUT2D eigenvalue weighted by Crippen LogP contribution is -2.44. The fourth-order valence-electron chi connectivity index (χ4n) is 3.86. The van der Waals surface area contributed by atoms with Crippen LogP contribution in [0, 0.1) is 5.92 Å². The summed E-state index contributed by atoms with van der Waals surface area (Å²) in [6.07, 6.45) is 7.55. The zero-order valence-corrected chi connectivity index (χ0v) is 19.5. The molecule has 0 radical (unpaired) electrons. The average molecular weight is 404 g/mol. The van der Waals surface area contributed by atoms with Crippen molar-refractivity contribution in [2.75, 3.05) is 64.9 Å². The topological polar surface area (TPSA) is 19.0 Å². The first-order valence-corrected chi connectivity index (χ1v) is 11.9. The fourth-order valence-corrected chi connectivity index (χ4v) is 3.86. The zero-order chi connectivity index (χ0) is 20.9. The van der Waals surface area contributed by atoms with E-state index in [1.54, 1.807) is 0 Å². The Morgan fingerprint density at radius 3 is 2.28 bits per heavy atom. The van der Waals surface area contributed by atoms with Gasteiger partial charge in [-0.3, -0.25) is 0 Å². The van der Waals surface area contributed by atoms with Crippen molar-refractivity contribution in [3.8, 4) is 0 Å². The van der Waals surface area contributed by atoms with Crippen molar-refractivity contribution in [3.05, 3.63) is 29.8 Å². The standard InChI is InChI=1S/C25H45N3O/c1-5-23(2)10-6-8-20-29-21-9-7-15-27(4)22-24-11-13-25(14-12-24)28-18-16-26(3)17-19-28/h11-14,23H,5-10,15-22H2,1-4H3. The molecule has 0 N–H and O–H groups in total. The third-order valence-electron chi connectivity index (χ3n) is 6.27. The van der Waals surface area contributed by atoms with Crippen LogP contribution in [0.4, 0.5) is 5.69 Å². The van der Waals surface area contributed by atoms with Crippen molar-refractivity contribution >= 4 is 5.69 Å². The second-order valence-electron chi connectivity index (χ2n) is 9.02. The predicted molar refractivity (Wildman–Crippen MR) is 126 cm³/mol. The highest BCUT2D eigenvalue weighted by molar-refractivity contribution is 5.48. The van der Waals surface area contributed by atoms with Gasteiger partial charge >= 0.3 is 0 Å². The lowest BCUT2D eigenvalue weighted by molar-refractivity contribution is 0.123. The number of piperazine rings is 1. The molecule has 1 heterocycles. The molecule has 2 rings (SSSR count). The monoisotopic (exact) mass is 403 g/mol. The van der Waals surface area contributed by atoms with E-state index in [2.05, 4.69) is 66.9 Å². The van der Waals surface area contributed by atoms with Crippen LogP contribution in [0.5, 0.6) is 0 Å². The molecule has 0 bridgehead atoms. The van der Waals surface area contributed by atoms with Crippen molar-refractivity contribution in [1.82, 2.24) is 9.80 Å². The minimum Gasteiger partial charge on any atom is -0.381 e. The van der Waals surface area contributed by atoms with Gasteiger partial charge in [-0.1, -0.05) is 45.2 Å². The summed E-state index contributed by atoms with van der Waals surface area (Å²) >= 11 is 0. The Morgan fingerprint density at radius 2 is 1.62 bits per heavy atom. The minimum atomic E-state index is 0.869. The van der Waals surface area contributed by atoms with Gasteiger partial charge in [0.1, 0.15) is 0 Å². The van der Waals surface area contributed by atoms with E-state index in [0.717, 1.165) is 64.8 Å². The van der Waals surface area contributed by atoms with E-state index in [0.29, 0.717) is 0 Å². The van der Waals surface area contributed by atoms with Gasteiger partial charge < -0.3 is 19.4 Å². The maximum Gasteiger partial charge on any atom is 0.0466 e. The van der Waals surface area contributed by atoms with Crippen molar-refractivity contribution in [2.45, 2.75) is 58.9 Å². The number of benzene rings is 1. The van der Waals surface area contributed by atoms with E-state index in [-0.39, 0.29) is 0 Å². The lowest BCUT2D eigenvalue weighted by atomic mass is 10.0. The molecule has 0 saturated carbocycles. The number of ether oxygens (including phenoxy) is 1. The predicted octanol–water partition coefficient (Wildman–Crippen LogP) is 4.88. The summed E-state index contributed by atoms with van der Waals surface area (Å²) < 4.78 is 5.80. The van der Waals surface area contributed by atoms with Gasteiger partial charge in [0.25, 0.3) is 0 Å². The number of hydrogen-bond donors (Lipinski definition) is 0. The highest BCUT2D eigenvalue weighted by Crippen LogP contribution is 2.18. The Labute approximate surface area is 180 Å². The second kappa shape index (κ2) is 14.0. The molecular weight excluding hydrogens is 358 g/mol. The normalized spacial score (nSPS) is 16.5. The molecule has 1 unspecified atom stereocenters. The van der Waals surface area contributed by atoms with Crippen LogP contribution in [-0.4, -0.2) is 69.8 Å². The molecule has 4 heteroatoms. The second-order valence-corrected chi connectivity index (χ2v) is 9.02. The number of unbranched alkanes of at least 4 members (excludes halogenated alkanes) is 2. The third-order valence-corrected chi connectivity index (χ3v) is 6.27. The molecule has 1 aliphatic heterocycles. The summed E-state index contributed by atoms with van der Waals surface area (Å²) in [4.78, 5) is 7.33. The van der Waals surface area contributed by atoms with Crippen molar-refractivity contribution in [2.24, 2.45) is 5.92 Å². The quantitative estimate of drug-likeness (QED) is 0.412. The molecule has 29 heavy (non-hydrogen) atoms. The van der Waals surface area contributed by atoms with Gasteiger partial charge in [0, 0.05) is 51.6 Å².